The number of benzene rings is 2. The van der Waals surface area contributed by atoms with Crippen LogP contribution < -0.4 is 4.90 Å². The van der Waals surface area contributed by atoms with Gasteiger partial charge < -0.3 is 4.90 Å². The van der Waals surface area contributed by atoms with Gasteiger partial charge in [-0.2, -0.15) is 13.2 Å². The minimum absolute atomic E-state index is 0.0177. The predicted molar refractivity (Wildman–Crippen MR) is 114 cm³/mol. The molecule has 3 aromatic rings. The minimum Gasteiger partial charge on any atom is -0.308 e. The average molecular weight is 477 g/mol. The van der Waals surface area contributed by atoms with Crippen molar-refractivity contribution in [3.63, 3.8) is 0 Å². The molecule has 1 atom stereocenters. The van der Waals surface area contributed by atoms with E-state index in [0.29, 0.717) is 0 Å². The van der Waals surface area contributed by atoms with Gasteiger partial charge in [-0.05, 0) is 61.9 Å². The fraction of sp³-hybridized carbons (Fsp3) is 0.227. The molecule has 0 aliphatic carbocycles. The van der Waals surface area contributed by atoms with Crippen molar-refractivity contribution in [3.8, 4) is 0 Å². The van der Waals surface area contributed by atoms with E-state index in [-0.39, 0.29) is 12.2 Å². The monoisotopic (exact) mass is 477 g/mol. The Balaban J connectivity index is 1.64. The third-order valence-electron chi connectivity index (χ3n) is 5.52. The van der Waals surface area contributed by atoms with Gasteiger partial charge >= 0.3 is 11.5 Å². The summed E-state index contributed by atoms with van der Waals surface area (Å²) < 4.78 is 61.5. The molecule has 1 aliphatic rings. The van der Waals surface area contributed by atoms with Gasteiger partial charge in [-0.25, -0.2) is 18.1 Å². The molecule has 1 unspecified atom stereocenters. The Hall–Kier alpha value is -3.47. The van der Waals surface area contributed by atoms with Crippen molar-refractivity contribution in [1.29, 1.82) is 0 Å². The second-order valence-electron chi connectivity index (χ2n) is 7.69. The van der Waals surface area contributed by atoms with E-state index in [4.69, 9.17) is 0 Å². The molecule has 3 amide bonds. The van der Waals surface area contributed by atoms with Crippen LogP contribution in [0.1, 0.15) is 18.1 Å². The van der Waals surface area contributed by atoms with Crippen molar-refractivity contribution < 1.29 is 31.2 Å². The Morgan fingerprint density at radius 3 is 2.33 bits per heavy atom. The topological polar surface area (TPSA) is 87.7 Å². The lowest BCUT2D eigenvalue weighted by atomic mass is 10.1. The maximum Gasteiger partial charge on any atom is 0.501 e. The largest absolute Gasteiger partial charge is 0.501 e. The first-order chi connectivity index (χ1) is 15.4. The maximum atomic E-state index is 13.1. The Morgan fingerprint density at radius 1 is 1.03 bits per heavy atom. The molecule has 0 radical (unpaired) electrons. The number of aryl methyl sites for hydroxylation is 1. The van der Waals surface area contributed by atoms with Gasteiger partial charge in [0.15, 0.2) is 0 Å². The van der Waals surface area contributed by atoms with E-state index in [9.17, 15) is 31.2 Å². The molecular formula is C22H18F3N3O4S. The fourth-order valence-corrected chi connectivity index (χ4v) is 4.46. The summed E-state index contributed by atoms with van der Waals surface area (Å²) in [5.74, 6) is -0.569. The lowest BCUT2D eigenvalue weighted by Crippen LogP contribution is -2.33. The fourth-order valence-electron chi connectivity index (χ4n) is 3.70. The molecule has 7 nitrogen and oxygen atoms in total. The average Bonchev–Trinajstić information content (AvgIpc) is 2.96. The quantitative estimate of drug-likeness (QED) is 0.526. The second kappa shape index (κ2) is 7.84. The highest BCUT2D eigenvalue weighted by Crippen LogP contribution is 2.33. The van der Waals surface area contributed by atoms with Crippen LogP contribution in [0.15, 0.2) is 59.6 Å². The zero-order valence-electron chi connectivity index (χ0n) is 17.5. The van der Waals surface area contributed by atoms with Crippen molar-refractivity contribution in [1.82, 2.24) is 9.88 Å². The van der Waals surface area contributed by atoms with E-state index in [1.54, 1.807) is 19.2 Å². The van der Waals surface area contributed by atoms with Gasteiger partial charge in [0, 0.05) is 18.1 Å². The van der Waals surface area contributed by atoms with Crippen molar-refractivity contribution in [2.24, 2.45) is 0 Å². The number of anilines is 1. The number of nitrogens with zero attached hydrogens (tertiary/aromatic N) is 3. The van der Waals surface area contributed by atoms with Crippen molar-refractivity contribution in [3.05, 3.63) is 65.9 Å². The van der Waals surface area contributed by atoms with Crippen LogP contribution in [0.25, 0.3) is 10.9 Å². The zero-order valence-corrected chi connectivity index (χ0v) is 18.3. The standard InChI is InChI=1S/C22H18F3N3O4S/c1-13-3-8-19-18(11-13)15(9-10-26-19)12-27-14(2)20(29)28(21(27)30)16-4-6-17(7-5-16)33(31,32)22(23,24)25/h3-11,14H,12H2,1-2H3. The van der Waals surface area contributed by atoms with E-state index >= 15 is 0 Å². The molecule has 1 saturated heterocycles. The normalized spacial score (nSPS) is 17.3. The molecule has 1 aromatic heterocycles. The molecule has 4 rings (SSSR count). The summed E-state index contributed by atoms with van der Waals surface area (Å²) in [7, 11) is -5.54. The van der Waals surface area contributed by atoms with Gasteiger partial charge in [0.05, 0.1) is 16.1 Å². The minimum atomic E-state index is -5.54. The van der Waals surface area contributed by atoms with E-state index in [0.717, 1.165) is 51.2 Å². The van der Waals surface area contributed by atoms with Crippen molar-refractivity contribution in [2.75, 3.05) is 4.90 Å². The summed E-state index contributed by atoms with van der Waals surface area (Å²) in [6.45, 7) is 3.59. The number of aromatic nitrogens is 1. The first kappa shape index (κ1) is 22.7. The Morgan fingerprint density at radius 2 is 1.70 bits per heavy atom. The lowest BCUT2D eigenvalue weighted by molar-refractivity contribution is -0.119. The van der Waals surface area contributed by atoms with Crippen molar-refractivity contribution >= 4 is 38.4 Å². The number of pyridine rings is 1. The highest BCUT2D eigenvalue weighted by molar-refractivity contribution is 7.92. The number of imide groups is 1. The highest BCUT2D eigenvalue weighted by Gasteiger charge is 2.47. The van der Waals surface area contributed by atoms with Crippen LogP contribution in [-0.4, -0.2) is 41.8 Å². The van der Waals surface area contributed by atoms with Crippen LogP contribution in [-0.2, 0) is 21.2 Å². The molecule has 11 heteroatoms. The van der Waals surface area contributed by atoms with Gasteiger partial charge in [0.2, 0.25) is 0 Å². The van der Waals surface area contributed by atoms with Crippen LogP contribution in [0.4, 0.5) is 23.7 Å². The first-order valence-corrected chi connectivity index (χ1v) is 11.3. The van der Waals surface area contributed by atoms with E-state index in [2.05, 4.69) is 4.98 Å². The number of sulfone groups is 1. The Labute approximate surface area is 187 Å². The smallest absolute Gasteiger partial charge is 0.308 e. The molecule has 0 spiro atoms. The maximum absolute atomic E-state index is 13.1. The number of carbonyl (C=O) groups excluding carboxylic acids is 2. The zero-order chi connectivity index (χ0) is 24.1. The number of rotatable bonds is 4. The van der Waals surface area contributed by atoms with E-state index in [1.807, 2.05) is 25.1 Å². The molecule has 1 aliphatic heterocycles. The number of fused-ring (bicyclic) bond motifs is 1. The third kappa shape index (κ3) is 3.82. The van der Waals surface area contributed by atoms with E-state index in [1.165, 1.54) is 4.90 Å². The predicted octanol–water partition coefficient (Wildman–Crippen LogP) is 4.19. The Kier molecular flexibility index (Phi) is 5.39. The molecule has 33 heavy (non-hydrogen) atoms. The molecule has 0 N–H and O–H groups in total. The number of carbonyl (C=O) groups is 2. The van der Waals surface area contributed by atoms with Gasteiger partial charge in [0.25, 0.3) is 15.7 Å². The Bertz CT molecular complexity index is 1370. The van der Waals surface area contributed by atoms with Crippen LogP contribution >= 0.6 is 0 Å². The summed E-state index contributed by atoms with van der Waals surface area (Å²) in [5.41, 5.74) is -2.95. The van der Waals surface area contributed by atoms with Crippen molar-refractivity contribution in [2.45, 2.75) is 36.8 Å². The van der Waals surface area contributed by atoms with E-state index < -0.39 is 38.2 Å². The molecule has 172 valence electrons. The number of hydrogen-bond donors (Lipinski definition) is 0. The lowest BCUT2D eigenvalue weighted by Gasteiger charge is -2.20. The third-order valence-corrected chi connectivity index (χ3v) is 7.02. The van der Waals surface area contributed by atoms with Gasteiger partial charge in [-0.3, -0.25) is 9.78 Å². The van der Waals surface area contributed by atoms with Crippen LogP contribution in [0, 0.1) is 6.92 Å². The summed E-state index contributed by atoms with van der Waals surface area (Å²) >= 11 is 0. The molecule has 2 aromatic carbocycles. The van der Waals surface area contributed by atoms with Gasteiger partial charge in [0.1, 0.15) is 6.04 Å². The first-order valence-electron chi connectivity index (χ1n) is 9.82. The molecule has 0 bridgehead atoms. The molecular weight excluding hydrogens is 459 g/mol. The summed E-state index contributed by atoms with van der Waals surface area (Å²) in [6.07, 6.45) is 1.61. The number of hydrogen-bond acceptors (Lipinski definition) is 5. The molecule has 1 fully saturated rings. The number of alkyl halides is 3. The second-order valence-corrected chi connectivity index (χ2v) is 9.64. The SMILES string of the molecule is Cc1ccc2nccc(CN3C(=O)N(c4ccc(S(=O)(=O)C(F)(F)F)cc4)C(=O)C3C)c2c1. The molecule has 2 heterocycles. The summed E-state index contributed by atoms with van der Waals surface area (Å²) in [5, 5.41) is 0.838. The number of urea groups is 1. The summed E-state index contributed by atoms with van der Waals surface area (Å²) in [6, 6.07) is 9.45. The van der Waals surface area contributed by atoms with Gasteiger partial charge in [-0.15, -0.1) is 0 Å². The number of amides is 3. The molecule has 0 saturated carbocycles. The summed E-state index contributed by atoms with van der Waals surface area (Å²) in [4.78, 5) is 31.4. The van der Waals surface area contributed by atoms with Crippen LogP contribution in [0.2, 0.25) is 0 Å². The van der Waals surface area contributed by atoms with Gasteiger partial charge in [-0.1, -0.05) is 11.6 Å². The highest BCUT2D eigenvalue weighted by atomic mass is 32.2. The van der Waals surface area contributed by atoms with Crippen LogP contribution in [0.5, 0.6) is 0 Å². The van der Waals surface area contributed by atoms with Crippen LogP contribution in [0.3, 0.4) is 0 Å². The number of halogens is 3.